The molecule has 0 heterocycles. The first-order chi connectivity index (χ1) is 19.0. The summed E-state index contributed by atoms with van der Waals surface area (Å²) in [5.41, 5.74) is 2.86. The van der Waals surface area contributed by atoms with E-state index in [2.05, 4.69) is 20.6 Å². The van der Waals surface area contributed by atoms with Crippen LogP contribution in [0.5, 0.6) is 0 Å². The quantitative estimate of drug-likeness (QED) is 0.0443. The minimum Gasteiger partial charge on any atom is -0.396 e. The van der Waals surface area contributed by atoms with Gasteiger partial charge in [-0.1, -0.05) is 23.5 Å². The Hall–Kier alpha value is 1.30. The predicted octanol–water partition coefficient (Wildman–Crippen LogP) is 3.51. The van der Waals surface area contributed by atoms with E-state index in [1.54, 1.807) is 70.6 Å². The number of hydrogen-bond donors (Lipinski definition) is 4. The molecule has 0 aliphatic carbocycles. The fourth-order valence-corrected chi connectivity index (χ4v) is 10.2. The summed E-state index contributed by atoms with van der Waals surface area (Å²) in [5, 5.41) is 25.1. The predicted molar refractivity (Wildman–Crippen MR) is 189 cm³/mol. The van der Waals surface area contributed by atoms with E-state index in [-0.39, 0.29) is 29.4 Å². The Kier molecular flexibility index (Phi) is 33.3. The fourth-order valence-electron chi connectivity index (χ4n) is 1.78. The molecule has 0 bridgehead atoms. The van der Waals surface area contributed by atoms with Crippen LogP contribution in [0.3, 0.4) is 0 Å². The highest BCUT2D eigenvalue weighted by Crippen LogP contribution is 2.16. The van der Waals surface area contributed by atoms with Gasteiger partial charge in [-0.2, -0.15) is 23.5 Å². The standard InChI is InChI=1S/C19H36N4O6S10/c24-1-3-36-18(26)22-11-34-17-33-10-21-14-39(29)8-6-31-15-30-4-5-37-19(27)23-12-35-16-32-9-20-13-38(28)7-2-25/h13-14,24-25H,1-12,15-17H2,(H,22,26)(H,23,27). The molecule has 2 amide bonds. The maximum absolute atomic E-state index is 12.0. The minimum absolute atomic E-state index is 0.0137. The summed E-state index contributed by atoms with van der Waals surface area (Å²) in [6, 6.07) is 0. The van der Waals surface area contributed by atoms with E-state index in [0.717, 1.165) is 44.3 Å². The fraction of sp³-hybridized carbons (Fsp3) is 0.789. The van der Waals surface area contributed by atoms with E-state index < -0.39 is 21.6 Å². The molecule has 0 saturated carbocycles. The molecule has 228 valence electrons. The monoisotopic (exact) mass is 736 g/mol. The number of thioether (sulfide) groups is 8. The maximum Gasteiger partial charge on any atom is 0.279 e. The Morgan fingerprint density at radius 2 is 1.15 bits per heavy atom. The zero-order valence-corrected chi connectivity index (χ0v) is 29.4. The Morgan fingerprint density at radius 1 is 0.641 bits per heavy atom. The smallest absolute Gasteiger partial charge is 0.279 e. The van der Waals surface area contributed by atoms with Crippen LogP contribution in [-0.2, 0) is 21.6 Å². The molecular formula is C19H36N4O6S10. The zero-order valence-electron chi connectivity index (χ0n) is 21.3. The Balaban J connectivity index is 3.43. The molecule has 0 saturated heterocycles. The molecule has 0 aromatic heterocycles. The number of carbonyl (C=O) groups excluding carboxylic acids is 2. The normalized spacial score (nSPS) is 13.2. The summed E-state index contributed by atoms with van der Waals surface area (Å²) in [5.74, 6) is 5.64. The molecule has 0 spiro atoms. The number of carbonyl (C=O) groups is 2. The first kappa shape index (κ1) is 40.3. The van der Waals surface area contributed by atoms with Crippen LogP contribution in [0.15, 0.2) is 9.98 Å². The lowest BCUT2D eigenvalue weighted by atomic mass is 10.9. The first-order valence-electron chi connectivity index (χ1n) is 11.2. The molecular weight excluding hydrogens is 701 g/mol. The molecule has 0 aromatic carbocycles. The van der Waals surface area contributed by atoms with E-state index in [0.29, 0.717) is 35.0 Å². The van der Waals surface area contributed by atoms with Crippen LogP contribution in [-0.4, -0.2) is 127 Å². The molecule has 0 aliphatic heterocycles. The summed E-state index contributed by atoms with van der Waals surface area (Å²) in [6.07, 6.45) is 0. The highest BCUT2D eigenvalue weighted by molar-refractivity contribution is 8.18. The molecule has 4 N–H and O–H groups in total. The lowest BCUT2D eigenvalue weighted by Crippen LogP contribution is -2.18. The number of hydrogen-bond acceptors (Lipinski definition) is 16. The molecule has 20 heteroatoms. The third-order valence-electron chi connectivity index (χ3n) is 3.36. The zero-order chi connectivity index (χ0) is 28.8. The molecule has 39 heavy (non-hydrogen) atoms. The number of nitrogens with one attached hydrogen (secondary N) is 2. The summed E-state index contributed by atoms with van der Waals surface area (Å²) >= 11 is 12.1. The Labute approximate surface area is 270 Å². The summed E-state index contributed by atoms with van der Waals surface area (Å²) in [4.78, 5) is 31.4. The Morgan fingerprint density at radius 3 is 1.72 bits per heavy atom. The van der Waals surface area contributed by atoms with Gasteiger partial charge in [-0.15, -0.1) is 47.0 Å². The van der Waals surface area contributed by atoms with E-state index in [9.17, 15) is 18.0 Å². The average molecular weight is 737 g/mol. The van der Waals surface area contributed by atoms with Crippen molar-refractivity contribution in [3.05, 3.63) is 0 Å². The highest BCUT2D eigenvalue weighted by atomic mass is 32.2. The number of aliphatic imine (C=N–C) groups is 2. The molecule has 0 rings (SSSR count). The van der Waals surface area contributed by atoms with Crippen LogP contribution in [0.1, 0.15) is 0 Å². The van der Waals surface area contributed by atoms with Crippen molar-refractivity contribution in [2.75, 3.05) is 86.5 Å². The van der Waals surface area contributed by atoms with Gasteiger partial charge in [0.1, 0.15) is 0 Å². The van der Waals surface area contributed by atoms with Crippen LogP contribution in [0, 0.1) is 0 Å². The number of aliphatic hydroxyl groups is 2. The van der Waals surface area contributed by atoms with E-state index >= 15 is 0 Å². The van der Waals surface area contributed by atoms with Gasteiger partial charge in [-0.25, -0.2) is 0 Å². The van der Waals surface area contributed by atoms with Crippen molar-refractivity contribution in [3.63, 3.8) is 0 Å². The molecule has 0 aromatic rings. The largest absolute Gasteiger partial charge is 0.396 e. The highest BCUT2D eigenvalue weighted by Gasteiger charge is 2.03. The second-order valence-electron chi connectivity index (χ2n) is 6.35. The molecule has 0 fully saturated rings. The van der Waals surface area contributed by atoms with Crippen LogP contribution in [0.2, 0.25) is 0 Å². The van der Waals surface area contributed by atoms with Crippen molar-refractivity contribution >= 4 is 137 Å². The molecule has 2 atom stereocenters. The van der Waals surface area contributed by atoms with Crippen molar-refractivity contribution in [3.8, 4) is 0 Å². The van der Waals surface area contributed by atoms with Crippen LogP contribution >= 0.6 is 94.1 Å². The van der Waals surface area contributed by atoms with E-state index in [4.69, 9.17) is 10.2 Å². The van der Waals surface area contributed by atoms with Crippen molar-refractivity contribution in [1.82, 2.24) is 10.6 Å². The number of amides is 2. The van der Waals surface area contributed by atoms with Crippen molar-refractivity contribution < 1.29 is 28.2 Å². The Bertz CT molecular complexity index is 739. The van der Waals surface area contributed by atoms with Gasteiger partial charge in [0, 0.05) is 44.0 Å². The van der Waals surface area contributed by atoms with Gasteiger partial charge in [0.05, 0.1) is 75.2 Å². The third-order valence-corrected chi connectivity index (χ3v) is 13.8. The molecule has 10 nitrogen and oxygen atoms in total. The lowest BCUT2D eigenvalue weighted by Gasteiger charge is -2.04. The topological polar surface area (TPSA) is 158 Å². The van der Waals surface area contributed by atoms with Gasteiger partial charge in [-0.3, -0.25) is 28.0 Å². The van der Waals surface area contributed by atoms with Gasteiger partial charge >= 0.3 is 0 Å². The van der Waals surface area contributed by atoms with Gasteiger partial charge in [0.15, 0.2) is 0 Å². The van der Waals surface area contributed by atoms with E-state index in [1.807, 2.05) is 0 Å². The van der Waals surface area contributed by atoms with Crippen molar-refractivity contribution in [2.24, 2.45) is 9.98 Å². The minimum atomic E-state index is -1.20. The lowest BCUT2D eigenvalue weighted by molar-refractivity contribution is 0.261. The SMILES string of the molecule is O=C(NCSCSCN=CS(=O)CCSCSCCSC(=O)NCSCSCN=CS(=O)CCO)SCCO. The van der Waals surface area contributed by atoms with Gasteiger partial charge in [-0.05, 0) is 0 Å². The third kappa shape index (κ3) is 32.1. The second-order valence-corrected chi connectivity index (χ2v) is 18.4. The maximum atomic E-state index is 12.0. The van der Waals surface area contributed by atoms with Crippen LogP contribution in [0.25, 0.3) is 0 Å². The van der Waals surface area contributed by atoms with Crippen molar-refractivity contribution in [1.29, 1.82) is 0 Å². The number of rotatable bonds is 26. The van der Waals surface area contributed by atoms with Gasteiger partial charge in [0.25, 0.3) is 10.5 Å². The van der Waals surface area contributed by atoms with Gasteiger partial charge in [0.2, 0.25) is 0 Å². The van der Waals surface area contributed by atoms with Crippen LogP contribution < -0.4 is 10.6 Å². The first-order valence-corrected chi connectivity index (χ1v) is 22.9. The summed E-state index contributed by atoms with van der Waals surface area (Å²) in [7, 11) is -2.28. The van der Waals surface area contributed by atoms with Crippen LogP contribution in [0.4, 0.5) is 9.59 Å². The summed E-state index contributed by atoms with van der Waals surface area (Å²) < 4.78 is 23.2. The van der Waals surface area contributed by atoms with E-state index in [1.165, 1.54) is 22.9 Å². The molecule has 0 aliphatic rings. The molecule has 2 unspecified atom stereocenters. The average Bonchev–Trinajstić information content (AvgIpc) is 2.92. The summed E-state index contributed by atoms with van der Waals surface area (Å²) in [6.45, 7) is -0.127. The number of aliphatic hydroxyl groups excluding tert-OH is 2. The van der Waals surface area contributed by atoms with Gasteiger partial charge < -0.3 is 20.8 Å². The van der Waals surface area contributed by atoms with Crippen molar-refractivity contribution in [2.45, 2.75) is 0 Å². The number of nitrogens with zero attached hydrogens (tertiary/aromatic N) is 2. The second kappa shape index (κ2) is 32.2. The molecule has 0 radical (unpaired) electrons.